The molecule has 0 bridgehead atoms. The molecular weight excluding hydrogens is 322 g/mol. The van der Waals surface area contributed by atoms with Gasteiger partial charge in [0.2, 0.25) is 0 Å². The van der Waals surface area contributed by atoms with Gasteiger partial charge in [-0.3, -0.25) is 0 Å². The lowest BCUT2D eigenvalue weighted by molar-refractivity contribution is 0.581. The predicted molar refractivity (Wildman–Crippen MR) is 75.7 cm³/mol. The lowest BCUT2D eigenvalue weighted by Crippen LogP contribution is -2.36. The number of hydrogen-bond donors (Lipinski definition) is 2. The Balaban J connectivity index is 2.00. The minimum Gasteiger partial charge on any atom is -0.360 e. The van der Waals surface area contributed by atoms with Crippen LogP contribution in [0.15, 0.2) is 16.6 Å². The van der Waals surface area contributed by atoms with Crippen molar-refractivity contribution in [3.63, 3.8) is 0 Å². The highest BCUT2D eigenvalue weighted by Crippen LogP contribution is 2.24. The Bertz CT molecular complexity index is 462. The average molecular weight is 335 g/mol. The van der Waals surface area contributed by atoms with Gasteiger partial charge in [0, 0.05) is 12.1 Å². The fraction of sp³-hybridized carbons (Fsp3) is 0.417. The number of anilines is 1. The first-order chi connectivity index (χ1) is 8.56. The van der Waals surface area contributed by atoms with Gasteiger partial charge in [0.05, 0.1) is 10.2 Å². The maximum Gasteiger partial charge on any atom is 0.171 e. The maximum absolute atomic E-state index is 13.5. The Morgan fingerprint density at radius 1 is 1.22 bits per heavy atom. The van der Waals surface area contributed by atoms with Crippen LogP contribution in [-0.2, 0) is 0 Å². The molecule has 0 saturated heterocycles. The van der Waals surface area contributed by atoms with Crippen LogP contribution in [0.1, 0.15) is 25.7 Å². The second kappa shape index (κ2) is 5.93. The van der Waals surface area contributed by atoms with Gasteiger partial charge in [-0.1, -0.05) is 12.8 Å². The number of halogens is 3. The molecule has 1 saturated carbocycles. The Hall–Kier alpha value is -0.750. The second-order valence-electron chi connectivity index (χ2n) is 4.33. The molecule has 18 heavy (non-hydrogen) atoms. The third kappa shape index (κ3) is 3.38. The highest BCUT2D eigenvalue weighted by Gasteiger charge is 2.16. The maximum atomic E-state index is 13.5. The van der Waals surface area contributed by atoms with E-state index in [4.69, 9.17) is 12.2 Å². The van der Waals surface area contributed by atoms with Gasteiger partial charge in [-0.25, -0.2) is 8.78 Å². The van der Waals surface area contributed by atoms with E-state index in [2.05, 4.69) is 26.6 Å². The molecule has 2 rings (SSSR count). The van der Waals surface area contributed by atoms with Crippen LogP contribution in [0, 0.1) is 11.6 Å². The SMILES string of the molecule is Fc1cc(F)c(NC(=S)NC2CCCC2)cc1Br. The van der Waals surface area contributed by atoms with Crippen LogP contribution in [0.3, 0.4) is 0 Å². The quantitative estimate of drug-likeness (QED) is 0.632. The van der Waals surface area contributed by atoms with Gasteiger partial charge in [0.1, 0.15) is 11.6 Å². The lowest BCUT2D eigenvalue weighted by atomic mass is 10.2. The minimum absolute atomic E-state index is 0.166. The zero-order valence-electron chi connectivity index (χ0n) is 9.60. The first-order valence-electron chi connectivity index (χ1n) is 5.78. The van der Waals surface area contributed by atoms with Crippen LogP contribution >= 0.6 is 28.1 Å². The molecule has 0 atom stereocenters. The molecule has 98 valence electrons. The number of benzene rings is 1. The van der Waals surface area contributed by atoms with Crippen molar-refractivity contribution in [2.75, 3.05) is 5.32 Å². The molecule has 0 aliphatic heterocycles. The van der Waals surface area contributed by atoms with Crippen molar-refractivity contribution in [3.8, 4) is 0 Å². The Kier molecular flexibility index (Phi) is 4.50. The molecule has 1 aromatic rings. The van der Waals surface area contributed by atoms with Gasteiger partial charge in [-0.2, -0.15) is 0 Å². The molecule has 0 spiro atoms. The van der Waals surface area contributed by atoms with E-state index in [0.717, 1.165) is 18.9 Å². The average Bonchev–Trinajstić information content (AvgIpc) is 2.78. The summed E-state index contributed by atoms with van der Waals surface area (Å²) in [6.07, 6.45) is 4.54. The van der Waals surface area contributed by atoms with Crippen molar-refractivity contribution in [3.05, 3.63) is 28.2 Å². The molecule has 2 nitrogen and oxygen atoms in total. The smallest absolute Gasteiger partial charge is 0.171 e. The number of hydrogen-bond acceptors (Lipinski definition) is 1. The van der Waals surface area contributed by atoms with Crippen LogP contribution in [0.2, 0.25) is 0 Å². The molecule has 1 aliphatic carbocycles. The summed E-state index contributed by atoms with van der Waals surface area (Å²) in [4.78, 5) is 0. The summed E-state index contributed by atoms with van der Waals surface area (Å²) in [5, 5.41) is 6.26. The monoisotopic (exact) mass is 334 g/mol. The summed E-state index contributed by atoms with van der Waals surface area (Å²) in [5.74, 6) is -1.29. The third-order valence-corrected chi connectivity index (χ3v) is 3.78. The standard InChI is InChI=1S/C12H13BrF2N2S/c13-8-5-11(10(15)6-9(8)14)17-12(18)16-7-3-1-2-4-7/h5-7H,1-4H2,(H2,16,17,18). The van der Waals surface area contributed by atoms with E-state index in [9.17, 15) is 8.78 Å². The van der Waals surface area contributed by atoms with E-state index >= 15 is 0 Å². The van der Waals surface area contributed by atoms with Gasteiger partial charge < -0.3 is 10.6 Å². The molecule has 1 fully saturated rings. The molecule has 0 radical (unpaired) electrons. The van der Waals surface area contributed by atoms with Crippen molar-refractivity contribution in [2.45, 2.75) is 31.7 Å². The fourth-order valence-electron chi connectivity index (χ4n) is 2.03. The lowest BCUT2D eigenvalue weighted by Gasteiger charge is -2.16. The van der Waals surface area contributed by atoms with Crippen LogP contribution in [-0.4, -0.2) is 11.2 Å². The number of nitrogens with one attached hydrogen (secondary N) is 2. The summed E-state index contributed by atoms with van der Waals surface area (Å²) in [6.45, 7) is 0. The Labute approximate surface area is 118 Å². The number of thiocarbonyl (C=S) groups is 1. The normalized spacial score (nSPS) is 15.7. The summed E-state index contributed by atoms with van der Waals surface area (Å²) in [5.41, 5.74) is 0.166. The van der Waals surface area contributed by atoms with Crippen LogP contribution in [0.4, 0.5) is 14.5 Å². The van der Waals surface area contributed by atoms with Crippen molar-refractivity contribution >= 4 is 38.9 Å². The Morgan fingerprint density at radius 2 is 1.89 bits per heavy atom. The largest absolute Gasteiger partial charge is 0.360 e. The van der Waals surface area contributed by atoms with E-state index < -0.39 is 11.6 Å². The molecule has 0 aromatic heterocycles. The van der Waals surface area contributed by atoms with E-state index in [0.29, 0.717) is 11.2 Å². The zero-order chi connectivity index (χ0) is 13.1. The van der Waals surface area contributed by atoms with Crippen LogP contribution < -0.4 is 10.6 Å². The molecule has 0 amide bonds. The van der Waals surface area contributed by atoms with Gasteiger partial charge in [-0.15, -0.1) is 0 Å². The summed E-state index contributed by atoms with van der Waals surface area (Å²) in [6, 6.07) is 2.52. The summed E-state index contributed by atoms with van der Waals surface area (Å²) >= 11 is 8.12. The first kappa shape index (κ1) is 13.7. The van der Waals surface area contributed by atoms with Gasteiger partial charge >= 0.3 is 0 Å². The summed E-state index contributed by atoms with van der Waals surface area (Å²) in [7, 11) is 0. The molecule has 6 heteroatoms. The first-order valence-corrected chi connectivity index (χ1v) is 6.98. The number of rotatable bonds is 2. The topological polar surface area (TPSA) is 24.1 Å². The van der Waals surface area contributed by atoms with Crippen LogP contribution in [0.5, 0.6) is 0 Å². The van der Waals surface area contributed by atoms with Gasteiger partial charge in [0.15, 0.2) is 5.11 Å². The van der Waals surface area contributed by atoms with E-state index in [-0.39, 0.29) is 10.2 Å². The van der Waals surface area contributed by atoms with Crippen molar-refractivity contribution in [1.29, 1.82) is 0 Å². The molecular formula is C12H13BrF2N2S. The van der Waals surface area contributed by atoms with Gasteiger partial charge in [-0.05, 0) is 47.1 Å². The van der Waals surface area contributed by atoms with Crippen molar-refractivity contribution in [1.82, 2.24) is 5.32 Å². The fourth-order valence-corrected chi connectivity index (χ4v) is 2.65. The molecule has 2 N–H and O–H groups in total. The molecule has 1 aromatic carbocycles. The highest BCUT2D eigenvalue weighted by molar-refractivity contribution is 9.10. The Morgan fingerprint density at radius 3 is 2.56 bits per heavy atom. The molecule has 1 aliphatic rings. The molecule has 0 unspecified atom stereocenters. The minimum atomic E-state index is -0.661. The highest BCUT2D eigenvalue weighted by atomic mass is 79.9. The van der Waals surface area contributed by atoms with E-state index in [1.807, 2.05) is 0 Å². The van der Waals surface area contributed by atoms with Gasteiger partial charge in [0.25, 0.3) is 0 Å². The molecule has 0 heterocycles. The predicted octanol–water partition coefficient (Wildman–Crippen LogP) is 3.96. The van der Waals surface area contributed by atoms with Crippen molar-refractivity contribution < 1.29 is 8.78 Å². The summed E-state index contributed by atoms with van der Waals surface area (Å²) < 4.78 is 26.8. The van der Waals surface area contributed by atoms with E-state index in [1.54, 1.807) is 0 Å². The third-order valence-electron chi connectivity index (χ3n) is 2.95. The zero-order valence-corrected chi connectivity index (χ0v) is 12.0. The van der Waals surface area contributed by atoms with Crippen molar-refractivity contribution in [2.24, 2.45) is 0 Å². The van der Waals surface area contributed by atoms with Crippen LogP contribution in [0.25, 0.3) is 0 Å². The second-order valence-corrected chi connectivity index (χ2v) is 5.59. The van der Waals surface area contributed by atoms with E-state index in [1.165, 1.54) is 18.9 Å².